The fourth-order valence-corrected chi connectivity index (χ4v) is 3.37. The molecule has 140 valence electrons. The average Bonchev–Trinajstić information content (AvgIpc) is 2.94. The van der Waals surface area contributed by atoms with E-state index in [0.717, 1.165) is 5.56 Å². The minimum absolute atomic E-state index is 0.131. The summed E-state index contributed by atoms with van der Waals surface area (Å²) in [4.78, 5) is 33.7. The Balaban J connectivity index is 1.64. The minimum Gasteiger partial charge on any atom is -0.437 e. The van der Waals surface area contributed by atoms with Gasteiger partial charge in [0.2, 0.25) is 5.88 Å². The van der Waals surface area contributed by atoms with Crippen molar-refractivity contribution in [2.45, 2.75) is 13.0 Å². The van der Waals surface area contributed by atoms with E-state index in [1.807, 2.05) is 0 Å². The maximum atomic E-state index is 13.4. The Kier molecular flexibility index (Phi) is 4.45. The molecule has 2 aliphatic rings. The van der Waals surface area contributed by atoms with Crippen LogP contribution < -0.4 is 10.1 Å². The number of rotatable bonds is 3. The first-order valence-electron chi connectivity index (χ1n) is 8.25. The van der Waals surface area contributed by atoms with E-state index in [1.165, 1.54) is 24.5 Å². The van der Waals surface area contributed by atoms with Crippen molar-refractivity contribution in [1.82, 2.24) is 20.2 Å². The van der Waals surface area contributed by atoms with Gasteiger partial charge in [-0.1, -0.05) is 17.5 Å². The lowest BCUT2D eigenvalue weighted by atomic mass is 10.1. The SMILES string of the molecule is C#Cc1cc(F)ccc1Oc1ncnc2c1CCN(C1=C(Cl)C(=O)NC1=O)C2. The predicted molar refractivity (Wildman–Crippen MR) is 96.6 cm³/mol. The van der Waals surface area contributed by atoms with Gasteiger partial charge in [-0.05, 0) is 24.6 Å². The Bertz CT molecular complexity index is 1090. The number of carbonyl (C=O) groups is 2. The van der Waals surface area contributed by atoms with Crippen LogP contribution in [0.1, 0.15) is 16.8 Å². The number of hydrogen-bond donors (Lipinski definition) is 1. The van der Waals surface area contributed by atoms with Gasteiger partial charge in [-0.15, -0.1) is 6.42 Å². The van der Waals surface area contributed by atoms with Crippen molar-refractivity contribution >= 4 is 23.4 Å². The summed E-state index contributed by atoms with van der Waals surface area (Å²) in [7, 11) is 0. The number of halogens is 2. The van der Waals surface area contributed by atoms with Crippen LogP contribution in [-0.2, 0) is 22.6 Å². The molecule has 0 saturated heterocycles. The molecule has 1 N–H and O–H groups in total. The number of imide groups is 1. The first-order valence-corrected chi connectivity index (χ1v) is 8.63. The molecule has 0 aliphatic carbocycles. The Morgan fingerprint density at radius 3 is 2.82 bits per heavy atom. The number of hydrogen-bond acceptors (Lipinski definition) is 6. The third-order valence-corrected chi connectivity index (χ3v) is 4.79. The van der Waals surface area contributed by atoms with Crippen LogP contribution in [0.25, 0.3) is 0 Å². The molecule has 28 heavy (non-hydrogen) atoms. The van der Waals surface area contributed by atoms with E-state index in [9.17, 15) is 14.0 Å². The van der Waals surface area contributed by atoms with Crippen LogP contribution in [0.4, 0.5) is 4.39 Å². The maximum Gasteiger partial charge on any atom is 0.276 e. The second-order valence-corrected chi connectivity index (χ2v) is 6.49. The van der Waals surface area contributed by atoms with Gasteiger partial charge < -0.3 is 9.64 Å². The van der Waals surface area contributed by atoms with E-state index in [0.29, 0.717) is 30.3 Å². The summed E-state index contributed by atoms with van der Waals surface area (Å²) in [5, 5.41) is 2.03. The highest BCUT2D eigenvalue weighted by molar-refractivity contribution is 6.47. The molecule has 2 aromatic rings. The molecule has 0 radical (unpaired) electrons. The maximum absolute atomic E-state index is 13.4. The van der Waals surface area contributed by atoms with Crippen molar-refractivity contribution in [3.8, 4) is 24.0 Å². The second kappa shape index (κ2) is 6.94. The molecular weight excluding hydrogens is 387 g/mol. The van der Waals surface area contributed by atoms with Gasteiger partial charge >= 0.3 is 0 Å². The van der Waals surface area contributed by atoms with E-state index < -0.39 is 17.6 Å². The molecule has 0 spiro atoms. The van der Waals surface area contributed by atoms with Crippen LogP contribution in [0.15, 0.2) is 35.3 Å². The summed E-state index contributed by atoms with van der Waals surface area (Å²) in [6, 6.07) is 3.89. The van der Waals surface area contributed by atoms with E-state index in [4.69, 9.17) is 22.8 Å². The van der Waals surface area contributed by atoms with Gasteiger partial charge in [0.1, 0.15) is 28.6 Å². The largest absolute Gasteiger partial charge is 0.437 e. The monoisotopic (exact) mass is 398 g/mol. The summed E-state index contributed by atoms with van der Waals surface area (Å²) < 4.78 is 19.2. The molecule has 7 nitrogen and oxygen atoms in total. The van der Waals surface area contributed by atoms with Crippen molar-refractivity contribution < 1.29 is 18.7 Å². The molecule has 0 bridgehead atoms. The van der Waals surface area contributed by atoms with E-state index in [-0.39, 0.29) is 22.8 Å². The normalized spacial score (nSPS) is 16.0. The number of amides is 2. The van der Waals surface area contributed by atoms with Gasteiger partial charge in [0.25, 0.3) is 11.8 Å². The topological polar surface area (TPSA) is 84.4 Å². The van der Waals surface area contributed by atoms with Gasteiger partial charge in [0.05, 0.1) is 17.8 Å². The summed E-state index contributed by atoms with van der Waals surface area (Å²) >= 11 is 5.97. The Labute approximate surface area is 164 Å². The highest BCUT2D eigenvalue weighted by Gasteiger charge is 2.35. The van der Waals surface area contributed by atoms with Crippen LogP contribution in [0.2, 0.25) is 0 Å². The average molecular weight is 399 g/mol. The van der Waals surface area contributed by atoms with Crippen molar-refractivity contribution in [3.63, 3.8) is 0 Å². The highest BCUT2D eigenvalue weighted by Crippen LogP contribution is 2.32. The molecule has 1 aromatic heterocycles. The lowest BCUT2D eigenvalue weighted by molar-refractivity contribution is -0.124. The quantitative estimate of drug-likeness (QED) is 0.627. The van der Waals surface area contributed by atoms with Gasteiger partial charge in [-0.3, -0.25) is 14.9 Å². The summed E-state index contributed by atoms with van der Waals surface area (Å²) in [5.74, 6) is 1.38. The second-order valence-electron chi connectivity index (χ2n) is 6.11. The number of nitrogens with one attached hydrogen (secondary N) is 1. The molecule has 0 fully saturated rings. The number of nitrogens with zero attached hydrogens (tertiary/aromatic N) is 3. The predicted octanol–water partition coefficient (Wildman–Crippen LogP) is 1.85. The minimum atomic E-state index is -0.614. The summed E-state index contributed by atoms with van der Waals surface area (Å²) in [5.41, 5.74) is 1.77. The molecule has 3 heterocycles. The number of benzene rings is 1. The van der Waals surface area contributed by atoms with Crippen molar-refractivity contribution in [2.75, 3.05) is 6.54 Å². The molecule has 4 rings (SSSR count). The fourth-order valence-electron chi connectivity index (χ4n) is 3.12. The van der Waals surface area contributed by atoms with Crippen molar-refractivity contribution in [3.05, 3.63) is 57.9 Å². The van der Waals surface area contributed by atoms with Crippen LogP contribution in [-0.4, -0.2) is 33.2 Å². The van der Waals surface area contributed by atoms with Crippen LogP contribution in [0.3, 0.4) is 0 Å². The molecule has 0 unspecified atom stereocenters. The highest BCUT2D eigenvalue weighted by atomic mass is 35.5. The standard InChI is InChI=1S/C19H12ClFN4O3/c1-2-10-7-11(21)3-4-14(10)28-19-12-5-6-25(8-13(12)22-9-23-19)16-15(20)17(26)24-18(16)27/h1,3-4,7,9H,5-6,8H2,(H,24,26,27). The molecule has 0 saturated carbocycles. The van der Waals surface area contributed by atoms with Crippen molar-refractivity contribution in [2.24, 2.45) is 0 Å². The zero-order chi connectivity index (χ0) is 19.8. The lowest BCUT2D eigenvalue weighted by Gasteiger charge is -2.30. The van der Waals surface area contributed by atoms with E-state index in [2.05, 4.69) is 21.2 Å². The van der Waals surface area contributed by atoms with Crippen molar-refractivity contribution in [1.29, 1.82) is 0 Å². The smallest absolute Gasteiger partial charge is 0.276 e. The molecule has 9 heteroatoms. The van der Waals surface area contributed by atoms with Crippen LogP contribution in [0, 0.1) is 18.2 Å². The van der Waals surface area contributed by atoms with E-state index >= 15 is 0 Å². The third-order valence-electron chi connectivity index (χ3n) is 4.44. The first kappa shape index (κ1) is 17.9. The first-order chi connectivity index (χ1) is 13.5. The Morgan fingerprint density at radius 1 is 1.29 bits per heavy atom. The van der Waals surface area contributed by atoms with E-state index in [1.54, 1.807) is 4.90 Å². The van der Waals surface area contributed by atoms with Gasteiger partial charge in [-0.2, -0.15) is 0 Å². The molecule has 2 amide bonds. The fraction of sp³-hybridized carbons (Fsp3) is 0.158. The van der Waals surface area contributed by atoms with Gasteiger partial charge in [0, 0.05) is 12.1 Å². The summed E-state index contributed by atoms with van der Waals surface area (Å²) in [6.07, 6.45) is 7.19. The number of ether oxygens (including phenoxy) is 1. The number of terminal acetylenes is 1. The Morgan fingerprint density at radius 2 is 2.11 bits per heavy atom. The Hall–Kier alpha value is -3.44. The third kappa shape index (κ3) is 3.06. The molecule has 2 aliphatic heterocycles. The number of aromatic nitrogens is 2. The number of fused-ring (bicyclic) bond motifs is 1. The zero-order valence-corrected chi connectivity index (χ0v) is 15.1. The van der Waals surface area contributed by atoms with Crippen LogP contribution in [0.5, 0.6) is 11.6 Å². The van der Waals surface area contributed by atoms with Crippen LogP contribution >= 0.6 is 11.6 Å². The lowest BCUT2D eigenvalue weighted by Crippen LogP contribution is -2.35. The molecular formula is C19H12ClFN4O3. The molecule has 0 atom stereocenters. The van der Waals surface area contributed by atoms with Gasteiger partial charge in [0.15, 0.2) is 0 Å². The zero-order valence-electron chi connectivity index (χ0n) is 14.3. The summed E-state index contributed by atoms with van der Waals surface area (Å²) in [6.45, 7) is 0.667. The number of carbonyl (C=O) groups excluding carboxylic acids is 2. The molecule has 1 aromatic carbocycles. The van der Waals surface area contributed by atoms with Gasteiger partial charge in [-0.25, -0.2) is 14.4 Å².